The summed E-state index contributed by atoms with van der Waals surface area (Å²) in [6.07, 6.45) is 3.44. The van der Waals surface area contributed by atoms with Gasteiger partial charge in [-0.1, -0.05) is 24.3 Å². The number of aromatic nitrogens is 6. The Morgan fingerprint density at radius 1 is 0.639 bits per heavy atom. The van der Waals surface area contributed by atoms with Crippen LogP contribution in [0.4, 0.5) is 72.3 Å². The molecule has 2 aliphatic heterocycles. The van der Waals surface area contributed by atoms with E-state index in [0.29, 0.717) is 75.6 Å². The molecule has 432 valence electrons. The molecule has 6 heterocycles. The number of nitrogens with zero attached hydrogens (tertiary/aromatic N) is 10. The summed E-state index contributed by atoms with van der Waals surface area (Å²) in [6.45, 7) is 9.78. The SMILES string of the molecule is Cc1ccc(C(=O)O)cc1-c1nc(NCCN(C)C)nc2c1CNC(=O)N2c1c(F)cccc1F.Cc1cnc(N)s1.Cc1cnc(NC(=O)c2ccc(C)c(-c3nc(NCCN(C)C)nc4c3CNC(=O)N4c3c(F)cccc3F)c2)s1. The number of carbonyl (C=O) groups is 4. The van der Waals surface area contributed by atoms with E-state index >= 15 is 0 Å². The number of carboxylic acid groups (broad SMARTS) is 1. The summed E-state index contributed by atoms with van der Waals surface area (Å²) in [5, 5.41) is 25.0. The molecule has 0 saturated carbocycles. The highest BCUT2D eigenvalue weighted by molar-refractivity contribution is 7.15. The third kappa shape index (κ3) is 14.1. The molecule has 8 N–H and O–H groups in total. The fraction of sp³-hybridized carbons (Fsp3) is 0.250. The number of hydrogen-bond acceptors (Lipinski definition) is 17. The zero-order valence-corrected chi connectivity index (χ0v) is 47.9. The highest BCUT2D eigenvalue weighted by Gasteiger charge is 2.36. The summed E-state index contributed by atoms with van der Waals surface area (Å²) in [5.74, 6) is -4.79. The van der Waals surface area contributed by atoms with Gasteiger partial charge < -0.3 is 41.9 Å². The number of carboxylic acids is 1. The number of amides is 5. The van der Waals surface area contributed by atoms with E-state index in [9.17, 15) is 41.8 Å². The first kappa shape index (κ1) is 59.9. The number of para-hydroxylation sites is 2. The number of aromatic carboxylic acids is 1. The maximum atomic E-state index is 14.9. The van der Waals surface area contributed by atoms with Crippen molar-refractivity contribution in [2.24, 2.45) is 0 Å². The molecule has 0 bridgehead atoms. The fourth-order valence-corrected chi connectivity index (χ4v) is 9.71. The van der Waals surface area contributed by atoms with Crippen LogP contribution in [0, 0.1) is 51.0 Å². The van der Waals surface area contributed by atoms with E-state index in [1.54, 1.807) is 43.6 Å². The molecule has 0 fully saturated rings. The van der Waals surface area contributed by atoms with Gasteiger partial charge in [-0.05, 0) is 116 Å². The van der Waals surface area contributed by atoms with Crippen LogP contribution in [0.1, 0.15) is 52.7 Å². The van der Waals surface area contributed by atoms with Crippen molar-refractivity contribution >= 4 is 91.8 Å². The van der Waals surface area contributed by atoms with E-state index in [0.717, 1.165) is 54.9 Å². The number of benzene rings is 4. The lowest BCUT2D eigenvalue weighted by molar-refractivity contribution is 0.0696. The summed E-state index contributed by atoms with van der Waals surface area (Å²) in [6, 6.07) is 15.0. The summed E-state index contributed by atoms with van der Waals surface area (Å²) >= 11 is 2.87. The number of nitrogens with one attached hydrogen (secondary N) is 5. The topological polar surface area (TPSA) is 265 Å². The molecule has 10 rings (SSSR count). The Bertz CT molecular complexity index is 3690. The number of urea groups is 2. The van der Waals surface area contributed by atoms with E-state index in [4.69, 9.17) is 10.7 Å². The van der Waals surface area contributed by atoms with Crippen LogP contribution < -0.4 is 42.1 Å². The molecule has 4 aromatic carbocycles. The van der Waals surface area contributed by atoms with Gasteiger partial charge in [0.25, 0.3) is 5.91 Å². The molecule has 2 aliphatic rings. The Morgan fingerprint density at radius 2 is 1.07 bits per heavy atom. The zero-order chi connectivity index (χ0) is 59.8. The first-order chi connectivity index (χ1) is 39.6. The van der Waals surface area contributed by atoms with Crippen molar-refractivity contribution in [3.05, 3.63) is 152 Å². The molecule has 4 aromatic heterocycles. The van der Waals surface area contributed by atoms with Crippen molar-refractivity contribution in [2.45, 2.75) is 40.8 Å². The van der Waals surface area contributed by atoms with Gasteiger partial charge in [-0.3, -0.25) is 10.1 Å². The third-order valence-corrected chi connectivity index (χ3v) is 14.2. The number of hydrogen-bond donors (Lipinski definition) is 7. The van der Waals surface area contributed by atoms with Gasteiger partial charge in [0.15, 0.2) is 21.9 Å². The van der Waals surface area contributed by atoms with Crippen molar-refractivity contribution in [3.63, 3.8) is 0 Å². The minimum atomic E-state index is -1.11. The monoisotopic (exact) mass is 1170 g/mol. The summed E-state index contributed by atoms with van der Waals surface area (Å²) in [7, 11) is 7.63. The Hall–Kier alpha value is -9.18. The standard InChI is InChI=1S/C28H28F2N8O2S.C24H24F2N6O3.C4H6N2S/c1-15-8-9-17(25(39)36-27-32-13-16(2)41-27)12-18(15)22-19-14-33-28(40)38(23-20(29)6-5-7-21(23)30)24(19)35-26(34-22)31-10-11-37(3)4;1-13-7-8-14(22(33)34)11-15(13)19-16-12-28-24(35)32(20-17(25)5-4-6-18(20)26)21(16)30-23(29-19)27-9-10-31(2)3;1-3-2-6-4(5)7-3/h5-9,12-13H,10-11,14H2,1-4H3,(H,33,40)(H,31,34,35)(H,32,36,39);4-8,11H,9-10,12H2,1-3H3,(H,28,35)(H,33,34)(H,27,29,30);2H,1H3,(H2,5,6). The van der Waals surface area contributed by atoms with Crippen molar-refractivity contribution in [2.75, 3.05) is 85.9 Å². The normalized spacial score (nSPS) is 12.6. The molecular weight excluding hydrogens is 1120 g/mol. The second kappa shape index (κ2) is 26.2. The molecule has 0 atom stereocenters. The van der Waals surface area contributed by atoms with Crippen LogP contribution >= 0.6 is 22.7 Å². The van der Waals surface area contributed by atoms with Crippen LogP contribution in [0.3, 0.4) is 0 Å². The maximum absolute atomic E-state index is 14.9. The number of carbonyl (C=O) groups excluding carboxylic acids is 3. The predicted octanol–water partition coefficient (Wildman–Crippen LogP) is 9.88. The van der Waals surface area contributed by atoms with Crippen LogP contribution in [-0.2, 0) is 13.1 Å². The predicted molar refractivity (Wildman–Crippen MR) is 313 cm³/mol. The minimum Gasteiger partial charge on any atom is -0.478 e. The van der Waals surface area contributed by atoms with Gasteiger partial charge in [-0.25, -0.2) is 61.7 Å². The first-order valence-electron chi connectivity index (χ1n) is 25.6. The van der Waals surface area contributed by atoms with Crippen LogP contribution in [-0.4, -0.2) is 123 Å². The number of anilines is 8. The number of likely N-dealkylation sites (N-methyl/N-ethyl adjacent to an activating group) is 2. The van der Waals surface area contributed by atoms with Gasteiger partial charge in [-0.2, -0.15) is 9.97 Å². The Labute approximate surface area is 482 Å². The molecule has 0 saturated heterocycles. The molecule has 0 unspecified atom stereocenters. The molecule has 0 radical (unpaired) electrons. The van der Waals surface area contributed by atoms with Crippen LogP contribution in [0.2, 0.25) is 0 Å². The molecule has 83 heavy (non-hydrogen) atoms. The zero-order valence-electron chi connectivity index (χ0n) is 46.3. The highest BCUT2D eigenvalue weighted by Crippen LogP contribution is 2.41. The lowest BCUT2D eigenvalue weighted by Gasteiger charge is -2.31. The first-order valence-corrected chi connectivity index (χ1v) is 27.2. The molecule has 0 aliphatic carbocycles. The number of nitrogen functional groups attached to an aromatic ring is 1. The highest BCUT2D eigenvalue weighted by atomic mass is 32.1. The van der Waals surface area contributed by atoms with E-state index < -0.39 is 52.7 Å². The molecule has 5 amide bonds. The van der Waals surface area contributed by atoms with E-state index in [1.807, 2.05) is 58.8 Å². The van der Waals surface area contributed by atoms with E-state index in [1.165, 1.54) is 46.9 Å². The van der Waals surface area contributed by atoms with Gasteiger partial charge >= 0.3 is 18.0 Å². The summed E-state index contributed by atoms with van der Waals surface area (Å²) in [4.78, 5) is 84.7. The number of nitrogens with two attached hydrogens (primary N) is 1. The quantitative estimate of drug-likeness (QED) is 0.0471. The average Bonchev–Trinajstić information content (AvgIpc) is 4.21. The van der Waals surface area contributed by atoms with Crippen molar-refractivity contribution in [3.8, 4) is 22.5 Å². The molecule has 27 heteroatoms. The van der Waals surface area contributed by atoms with Crippen molar-refractivity contribution < 1.29 is 41.8 Å². The Kier molecular flexibility index (Phi) is 18.9. The maximum Gasteiger partial charge on any atom is 0.335 e. The number of fused-ring (bicyclic) bond motifs is 2. The molecular formula is C56H58F4N16O5S2. The molecule has 0 spiro atoms. The fourth-order valence-electron chi connectivity index (χ4n) is 8.51. The van der Waals surface area contributed by atoms with Crippen LogP contribution in [0.15, 0.2) is 85.2 Å². The summed E-state index contributed by atoms with van der Waals surface area (Å²) < 4.78 is 59.3. The van der Waals surface area contributed by atoms with Gasteiger partial charge in [0, 0.05) is 76.1 Å². The van der Waals surface area contributed by atoms with Crippen molar-refractivity contribution in [1.82, 2.24) is 50.3 Å². The Balaban J connectivity index is 0.000000196. The lowest BCUT2D eigenvalue weighted by atomic mass is 9.97. The van der Waals surface area contributed by atoms with Crippen LogP contribution in [0.25, 0.3) is 22.5 Å². The van der Waals surface area contributed by atoms with Gasteiger partial charge in [0.05, 0.1) is 30.0 Å². The smallest absolute Gasteiger partial charge is 0.335 e. The second-order valence-electron chi connectivity index (χ2n) is 19.4. The largest absolute Gasteiger partial charge is 0.478 e. The minimum absolute atomic E-state index is 0.00914. The lowest BCUT2D eigenvalue weighted by Crippen LogP contribution is -2.43. The number of rotatable bonds is 15. The van der Waals surface area contributed by atoms with E-state index in [2.05, 4.69) is 51.5 Å². The van der Waals surface area contributed by atoms with E-state index in [-0.39, 0.29) is 48.1 Å². The van der Waals surface area contributed by atoms with Crippen molar-refractivity contribution in [1.29, 1.82) is 0 Å². The summed E-state index contributed by atoms with van der Waals surface area (Å²) in [5.41, 5.74) is 8.85. The van der Waals surface area contributed by atoms with Gasteiger partial charge in [0.1, 0.15) is 34.6 Å². The molecule has 21 nitrogen and oxygen atoms in total. The van der Waals surface area contributed by atoms with Gasteiger partial charge in [0.2, 0.25) is 11.9 Å². The number of halogens is 4. The Morgan fingerprint density at radius 3 is 1.46 bits per heavy atom. The average molecular weight is 1180 g/mol. The number of thiazole rings is 2. The van der Waals surface area contributed by atoms with Crippen LogP contribution in [0.5, 0.6) is 0 Å². The number of aryl methyl sites for hydroxylation is 4. The molecule has 8 aromatic rings. The second-order valence-corrected chi connectivity index (χ2v) is 21.9. The van der Waals surface area contributed by atoms with Gasteiger partial charge in [-0.15, -0.1) is 22.7 Å². The third-order valence-electron chi connectivity index (χ3n) is 12.6.